The molecule has 0 amide bonds. The molecule has 3 heteroatoms. The van der Waals surface area contributed by atoms with Crippen LogP contribution in [0.1, 0.15) is 24.8 Å². The first-order valence-corrected chi connectivity index (χ1v) is 6.90. The fraction of sp³-hybridized carbons (Fsp3) is 0.562. The van der Waals surface area contributed by atoms with E-state index in [0.717, 1.165) is 38.1 Å². The molecule has 0 aromatic heterocycles. The third-order valence-corrected chi connectivity index (χ3v) is 4.06. The molecule has 0 heterocycles. The van der Waals surface area contributed by atoms with E-state index in [0.29, 0.717) is 0 Å². The second kappa shape index (κ2) is 6.08. The Balaban J connectivity index is 1.79. The van der Waals surface area contributed by atoms with Crippen molar-refractivity contribution in [3.05, 3.63) is 29.8 Å². The predicted octanol–water partition coefficient (Wildman–Crippen LogP) is 2.86. The molecule has 0 radical (unpaired) electrons. The van der Waals surface area contributed by atoms with Crippen molar-refractivity contribution in [2.75, 3.05) is 27.2 Å². The molecule has 102 valence electrons. The third kappa shape index (κ3) is 3.48. The molecular formula is C16H22N2O. The molecule has 0 saturated heterocycles. The summed E-state index contributed by atoms with van der Waals surface area (Å²) in [5, 5.41) is 9.24. The molecule has 19 heavy (non-hydrogen) atoms. The van der Waals surface area contributed by atoms with Gasteiger partial charge < -0.3 is 9.64 Å². The van der Waals surface area contributed by atoms with Crippen LogP contribution in [0.5, 0.6) is 5.75 Å². The van der Waals surface area contributed by atoms with Crippen LogP contribution in [0.4, 0.5) is 0 Å². The molecule has 0 atom stereocenters. The number of ether oxygens (including phenoxy) is 1. The largest absolute Gasteiger partial charge is 0.497 e. The van der Waals surface area contributed by atoms with Gasteiger partial charge in [0.25, 0.3) is 0 Å². The molecule has 0 unspecified atom stereocenters. The molecule has 0 N–H and O–H groups in total. The van der Waals surface area contributed by atoms with E-state index in [4.69, 9.17) is 4.74 Å². The number of nitrogens with zero attached hydrogens (tertiary/aromatic N) is 2. The number of hydrogen-bond donors (Lipinski definition) is 0. The predicted molar refractivity (Wildman–Crippen MR) is 76.1 cm³/mol. The first-order chi connectivity index (χ1) is 9.17. The lowest BCUT2D eigenvalue weighted by molar-refractivity contribution is 0.139. The number of hydrogen-bond acceptors (Lipinski definition) is 3. The van der Waals surface area contributed by atoms with Crippen LogP contribution in [0.3, 0.4) is 0 Å². The summed E-state index contributed by atoms with van der Waals surface area (Å²) in [6.45, 7) is 1.90. The van der Waals surface area contributed by atoms with Crippen molar-refractivity contribution in [2.45, 2.75) is 25.7 Å². The first-order valence-electron chi connectivity index (χ1n) is 6.90. The van der Waals surface area contributed by atoms with E-state index in [1.54, 1.807) is 7.11 Å². The van der Waals surface area contributed by atoms with Crippen molar-refractivity contribution in [3.8, 4) is 11.8 Å². The SMILES string of the molecule is COc1ccc(CCN(C)CC2(C#N)CCC2)cc1. The average molecular weight is 258 g/mol. The van der Waals surface area contributed by atoms with Crippen LogP contribution in [0, 0.1) is 16.7 Å². The molecule has 1 fully saturated rings. The van der Waals surface area contributed by atoms with E-state index in [1.165, 1.54) is 12.0 Å². The number of methoxy groups -OCH3 is 1. The van der Waals surface area contributed by atoms with Gasteiger partial charge in [0.2, 0.25) is 0 Å². The summed E-state index contributed by atoms with van der Waals surface area (Å²) in [6, 6.07) is 10.7. The van der Waals surface area contributed by atoms with Crippen LogP contribution < -0.4 is 4.74 Å². The van der Waals surface area contributed by atoms with Crippen LogP contribution in [0.15, 0.2) is 24.3 Å². The maximum absolute atomic E-state index is 9.24. The second-order valence-electron chi connectivity index (χ2n) is 5.58. The average Bonchev–Trinajstić information content (AvgIpc) is 2.41. The summed E-state index contributed by atoms with van der Waals surface area (Å²) in [7, 11) is 3.80. The second-order valence-corrected chi connectivity index (χ2v) is 5.58. The molecular weight excluding hydrogens is 236 g/mol. The maximum Gasteiger partial charge on any atom is 0.118 e. The van der Waals surface area contributed by atoms with Crippen LogP contribution in [-0.2, 0) is 6.42 Å². The Morgan fingerprint density at radius 1 is 1.32 bits per heavy atom. The summed E-state index contributed by atoms with van der Waals surface area (Å²) in [4.78, 5) is 2.28. The summed E-state index contributed by atoms with van der Waals surface area (Å²) in [5.41, 5.74) is 1.25. The van der Waals surface area contributed by atoms with E-state index in [1.807, 2.05) is 12.1 Å². The molecule has 1 saturated carbocycles. The molecule has 0 spiro atoms. The number of rotatable bonds is 6. The van der Waals surface area contributed by atoms with Gasteiger partial charge in [-0.1, -0.05) is 18.6 Å². The lowest BCUT2D eigenvalue weighted by Crippen LogP contribution is -2.40. The highest BCUT2D eigenvalue weighted by Crippen LogP contribution is 2.40. The number of nitriles is 1. The van der Waals surface area contributed by atoms with Gasteiger partial charge in [-0.2, -0.15) is 5.26 Å². The van der Waals surface area contributed by atoms with Crippen molar-refractivity contribution < 1.29 is 4.74 Å². The minimum atomic E-state index is -0.0609. The number of benzene rings is 1. The van der Waals surface area contributed by atoms with Gasteiger partial charge in [-0.05, 0) is 44.0 Å². The van der Waals surface area contributed by atoms with Crippen LogP contribution in [0.2, 0.25) is 0 Å². The molecule has 1 aliphatic rings. The fourth-order valence-corrected chi connectivity index (χ4v) is 2.62. The monoisotopic (exact) mass is 258 g/mol. The molecule has 1 aromatic rings. The van der Waals surface area contributed by atoms with Crippen molar-refractivity contribution in [3.63, 3.8) is 0 Å². The minimum Gasteiger partial charge on any atom is -0.497 e. The van der Waals surface area contributed by atoms with Crippen molar-refractivity contribution in [1.82, 2.24) is 4.90 Å². The minimum absolute atomic E-state index is 0.0609. The zero-order valence-electron chi connectivity index (χ0n) is 11.9. The highest BCUT2D eigenvalue weighted by molar-refractivity contribution is 5.27. The molecule has 1 aromatic carbocycles. The standard InChI is InChI=1S/C16H22N2O/c1-18(13-16(12-17)9-3-10-16)11-8-14-4-6-15(19-2)7-5-14/h4-7H,3,8-11,13H2,1-2H3. The lowest BCUT2D eigenvalue weighted by atomic mass is 9.69. The zero-order valence-corrected chi connectivity index (χ0v) is 11.9. The van der Waals surface area contributed by atoms with Gasteiger partial charge in [-0.15, -0.1) is 0 Å². The molecule has 0 aliphatic heterocycles. The zero-order chi connectivity index (χ0) is 13.7. The Morgan fingerprint density at radius 2 is 2.00 bits per heavy atom. The van der Waals surface area contributed by atoms with E-state index in [2.05, 4.69) is 30.1 Å². The topological polar surface area (TPSA) is 36.3 Å². The molecule has 0 bridgehead atoms. The van der Waals surface area contributed by atoms with Gasteiger partial charge in [-0.25, -0.2) is 0 Å². The fourth-order valence-electron chi connectivity index (χ4n) is 2.62. The van der Waals surface area contributed by atoms with E-state index < -0.39 is 0 Å². The maximum atomic E-state index is 9.24. The van der Waals surface area contributed by atoms with Gasteiger partial charge in [0.15, 0.2) is 0 Å². The molecule has 3 nitrogen and oxygen atoms in total. The van der Waals surface area contributed by atoms with Crippen molar-refractivity contribution in [2.24, 2.45) is 5.41 Å². The van der Waals surface area contributed by atoms with Gasteiger partial charge in [-0.3, -0.25) is 0 Å². The Hall–Kier alpha value is -1.53. The summed E-state index contributed by atoms with van der Waals surface area (Å²) in [5.74, 6) is 0.898. The van der Waals surface area contributed by atoms with E-state index in [-0.39, 0.29) is 5.41 Å². The van der Waals surface area contributed by atoms with Crippen LogP contribution >= 0.6 is 0 Å². The number of likely N-dealkylation sites (N-methyl/N-ethyl adjacent to an activating group) is 1. The third-order valence-electron chi connectivity index (χ3n) is 4.06. The summed E-state index contributed by atoms with van der Waals surface area (Å²) < 4.78 is 5.15. The highest BCUT2D eigenvalue weighted by Gasteiger charge is 2.37. The highest BCUT2D eigenvalue weighted by atomic mass is 16.5. The van der Waals surface area contributed by atoms with E-state index in [9.17, 15) is 5.26 Å². The van der Waals surface area contributed by atoms with Crippen molar-refractivity contribution >= 4 is 0 Å². The van der Waals surface area contributed by atoms with Gasteiger partial charge in [0, 0.05) is 13.1 Å². The molecule has 1 aliphatic carbocycles. The quantitative estimate of drug-likeness (QED) is 0.787. The normalized spacial score (nSPS) is 16.7. The van der Waals surface area contributed by atoms with Crippen molar-refractivity contribution in [1.29, 1.82) is 5.26 Å². The Kier molecular flexibility index (Phi) is 4.44. The van der Waals surface area contributed by atoms with Crippen LogP contribution in [-0.4, -0.2) is 32.1 Å². The van der Waals surface area contributed by atoms with E-state index >= 15 is 0 Å². The summed E-state index contributed by atoms with van der Waals surface area (Å²) in [6.07, 6.45) is 4.36. The Bertz CT molecular complexity index is 443. The van der Waals surface area contributed by atoms with Gasteiger partial charge in [0.05, 0.1) is 18.6 Å². The summed E-state index contributed by atoms with van der Waals surface area (Å²) >= 11 is 0. The molecule has 2 rings (SSSR count). The van der Waals surface area contributed by atoms with Gasteiger partial charge in [0.1, 0.15) is 5.75 Å². The van der Waals surface area contributed by atoms with Gasteiger partial charge >= 0.3 is 0 Å². The first kappa shape index (κ1) is 13.9. The Morgan fingerprint density at radius 3 is 2.47 bits per heavy atom. The smallest absolute Gasteiger partial charge is 0.118 e. The lowest BCUT2D eigenvalue weighted by Gasteiger charge is -2.38. The van der Waals surface area contributed by atoms with Crippen LogP contribution in [0.25, 0.3) is 0 Å². The Labute approximate surface area is 115 Å².